The number of rotatable bonds is 3. The summed E-state index contributed by atoms with van der Waals surface area (Å²) in [4.78, 5) is 23.3. The molecule has 0 spiro atoms. The molecule has 6 heteroatoms. The number of aryl methyl sites for hydroxylation is 1. The maximum Gasteiger partial charge on any atom is 0.229 e. The van der Waals surface area contributed by atoms with Crippen LogP contribution in [0.3, 0.4) is 0 Å². The minimum Gasteiger partial charge on any atom is -0.495 e. The third-order valence-electron chi connectivity index (χ3n) is 3.37. The lowest BCUT2D eigenvalue weighted by molar-refractivity contribution is -0.126. The Balaban J connectivity index is 2.11. The largest absolute Gasteiger partial charge is 0.495 e. The summed E-state index contributed by atoms with van der Waals surface area (Å²) in [5.41, 5.74) is 1.45. The zero-order chi connectivity index (χ0) is 14.7. The van der Waals surface area contributed by atoms with Gasteiger partial charge in [0, 0.05) is 24.1 Å². The molecule has 2 N–H and O–H groups in total. The molecule has 1 aliphatic rings. The van der Waals surface area contributed by atoms with E-state index >= 15 is 0 Å². The summed E-state index contributed by atoms with van der Waals surface area (Å²) in [5, 5.41) is 6.12. The van der Waals surface area contributed by atoms with Crippen molar-refractivity contribution in [2.24, 2.45) is 5.92 Å². The number of anilines is 1. The van der Waals surface area contributed by atoms with Crippen molar-refractivity contribution in [1.29, 1.82) is 0 Å². The maximum absolute atomic E-state index is 12.2. The summed E-state index contributed by atoms with van der Waals surface area (Å²) in [6, 6.07) is 3.45. The molecule has 1 atom stereocenters. The van der Waals surface area contributed by atoms with Gasteiger partial charge in [0.1, 0.15) is 5.75 Å². The summed E-state index contributed by atoms with van der Waals surface area (Å²) in [6.45, 7) is 2.23. The molecule has 1 aromatic carbocycles. The normalized spacial score (nSPS) is 18.4. The number of ether oxygens (including phenoxy) is 1. The van der Waals surface area contributed by atoms with E-state index in [9.17, 15) is 9.59 Å². The molecule has 0 bridgehead atoms. The minimum atomic E-state index is -0.214. The highest BCUT2D eigenvalue weighted by Gasteiger charge is 2.25. The van der Waals surface area contributed by atoms with Crippen LogP contribution in [0.4, 0.5) is 5.69 Å². The molecule has 2 amide bonds. The summed E-state index contributed by atoms with van der Waals surface area (Å²) in [7, 11) is 1.53. The first-order valence-corrected chi connectivity index (χ1v) is 6.80. The third kappa shape index (κ3) is 3.22. The highest BCUT2D eigenvalue weighted by molar-refractivity contribution is 6.31. The second-order valence-corrected chi connectivity index (χ2v) is 5.24. The summed E-state index contributed by atoms with van der Waals surface area (Å²) in [5.74, 6) is 0.182. The Bertz CT molecular complexity index is 535. The maximum atomic E-state index is 12.2. The van der Waals surface area contributed by atoms with Crippen molar-refractivity contribution in [2.45, 2.75) is 19.8 Å². The monoisotopic (exact) mass is 296 g/mol. The Morgan fingerprint density at radius 2 is 2.25 bits per heavy atom. The second-order valence-electron chi connectivity index (χ2n) is 4.83. The van der Waals surface area contributed by atoms with Gasteiger partial charge in [0.15, 0.2) is 0 Å². The van der Waals surface area contributed by atoms with Crippen LogP contribution in [0, 0.1) is 12.8 Å². The number of amides is 2. The van der Waals surface area contributed by atoms with Gasteiger partial charge in [-0.05, 0) is 25.0 Å². The highest BCUT2D eigenvalue weighted by Crippen LogP contribution is 2.31. The average Bonchev–Trinajstić information content (AvgIpc) is 2.43. The van der Waals surface area contributed by atoms with Crippen molar-refractivity contribution in [1.82, 2.24) is 5.32 Å². The van der Waals surface area contributed by atoms with Crippen molar-refractivity contribution < 1.29 is 14.3 Å². The van der Waals surface area contributed by atoms with E-state index in [1.807, 2.05) is 6.92 Å². The van der Waals surface area contributed by atoms with Crippen LogP contribution in [-0.4, -0.2) is 25.5 Å². The molecule has 1 fully saturated rings. The number of carbonyl (C=O) groups is 2. The van der Waals surface area contributed by atoms with Gasteiger partial charge in [0.2, 0.25) is 11.8 Å². The number of carbonyl (C=O) groups excluding carboxylic acids is 2. The number of nitrogens with one attached hydrogen (secondary N) is 2. The molecule has 1 unspecified atom stereocenters. The Hall–Kier alpha value is -1.75. The van der Waals surface area contributed by atoms with Crippen LogP contribution in [0.15, 0.2) is 12.1 Å². The van der Waals surface area contributed by atoms with E-state index in [1.54, 1.807) is 12.1 Å². The van der Waals surface area contributed by atoms with Crippen LogP contribution in [0.5, 0.6) is 5.75 Å². The molecule has 0 aromatic heterocycles. The Morgan fingerprint density at radius 3 is 2.85 bits per heavy atom. The van der Waals surface area contributed by atoms with Crippen molar-refractivity contribution in [3.05, 3.63) is 22.7 Å². The van der Waals surface area contributed by atoms with Gasteiger partial charge in [-0.3, -0.25) is 9.59 Å². The van der Waals surface area contributed by atoms with Gasteiger partial charge in [-0.1, -0.05) is 11.6 Å². The van der Waals surface area contributed by atoms with Crippen LogP contribution < -0.4 is 15.4 Å². The van der Waals surface area contributed by atoms with Crippen LogP contribution >= 0.6 is 11.6 Å². The van der Waals surface area contributed by atoms with Crippen LogP contribution in [0.1, 0.15) is 18.4 Å². The number of halogens is 1. The van der Waals surface area contributed by atoms with E-state index in [2.05, 4.69) is 10.6 Å². The van der Waals surface area contributed by atoms with Crippen LogP contribution in [-0.2, 0) is 9.59 Å². The average molecular weight is 297 g/mol. The molecule has 108 valence electrons. The molecular weight excluding hydrogens is 280 g/mol. The van der Waals surface area contributed by atoms with Gasteiger partial charge in [0.05, 0.1) is 18.7 Å². The van der Waals surface area contributed by atoms with Gasteiger partial charge >= 0.3 is 0 Å². The van der Waals surface area contributed by atoms with Gasteiger partial charge < -0.3 is 15.4 Å². The van der Waals surface area contributed by atoms with E-state index in [-0.39, 0.29) is 17.7 Å². The lowest BCUT2D eigenvalue weighted by Gasteiger charge is -2.22. The van der Waals surface area contributed by atoms with Crippen molar-refractivity contribution in [3.8, 4) is 5.75 Å². The minimum absolute atomic E-state index is 0.00559. The van der Waals surface area contributed by atoms with Gasteiger partial charge in [0.25, 0.3) is 0 Å². The lowest BCUT2D eigenvalue weighted by Crippen LogP contribution is -2.40. The standard InChI is InChI=1S/C14H17ClN2O3/c1-8-5-11(12(20-2)6-10(8)15)17-14(19)9-3-4-13(18)16-7-9/h5-6,9H,3-4,7H2,1-2H3,(H,16,18)(H,17,19). The van der Waals surface area contributed by atoms with Gasteiger partial charge in [-0.15, -0.1) is 0 Å². The molecule has 1 heterocycles. The molecule has 1 aliphatic heterocycles. The first kappa shape index (κ1) is 14.7. The summed E-state index contributed by atoms with van der Waals surface area (Å²) >= 11 is 6.03. The second kappa shape index (κ2) is 6.13. The topological polar surface area (TPSA) is 67.4 Å². The molecule has 0 radical (unpaired) electrons. The third-order valence-corrected chi connectivity index (χ3v) is 3.78. The van der Waals surface area contributed by atoms with Crippen molar-refractivity contribution in [3.63, 3.8) is 0 Å². The first-order valence-electron chi connectivity index (χ1n) is 6.43. The van der Waals surface area contributed by atoms with E-state index in [1.165, 1.54) is 7.11 Å². The summed E-state index contributed by atoms with van der Waals surface area (Å²) < 4.78 is 5.22. The number of hydrogen-bond acceptors (Lipinski definition) is 3. The molecule has 0 aliphatic carbocycles. The predicted octanol–water partition coefficient (Wildman–Crippen LogP) is 2.12. The number of methoxy groups -OCH3 is 1. The summed E-state index contributed by atoms with van der Waals surface area (Å²) in [6.07, 6.45) is 0.946. The first-order chi connectivity index (χ1) is 9.51. The van der Waals surface area contributed by atoms with Crippen LogP contribution in [0.25, 0.3) is 0 Å². The van der Waals surface area contributed by atoms with E-state index < -0.39 is 0 Å². The lowest BCUT2D eigenvalue weighted by atomic mass is 9.98. The molecule has 20 heavy (non-hydrogen) atoms. The molecule has 1 saturated heterocycles. The van der Waals surface area contributed by atoms with Crippen molar-refractivity contribution >= 4 is 29.1 Å². The zero-order valence-electron chi connectivity index (χ0n) is 11.5. The molecule has 2 rings (SSSR count). The number of hydrogen-bond donors (Lipinski definition) is 2. The van der Waals surface area contributed by atoms with E-state index in [0.717, 1.165) is 5.56 Å². The SMILES string of the molecule is COc1cc(Cl)c(C)cc1NC(=O)C1CCC(=O)NC1. The molecule has 1 aromatic rings. The van der Waals surface area contributed by atoms with E-state index in [4.69, 9.17) is 16.3 Å². The molecule has 5 nitrogen and oxygen atoms in total. The van der Waals surface area contributed by atoms with Crippen molar-refractivity contribution in [2.75, 3.05) is 19.0 Å². The molecule has 0 saturated carbocycles. The quantitative estimate of drug-likeness (QED) is 0.898. The fourth-order valence-electron chi connectivity index (χ4n) is 2.12. The fourth-order valence-corrected chi connectivity index (χ4v) is 2.27. The van der Waals surface area contributed by atoms with E-state index in [0.29, 0.717) is 35.8 Å². The highest BCUT2D eigenvalue weighted by atomic mass is 35.5. The number of benzene rings is 1. The zero-order valence-corrected chi connectivity index (χ0v) is 12.2. The molecular formula is C14H17ClN2O3. The van der Waals surface area contributed by atoms with Gasteiger partial charge in [-0.25, -0.2) is 0 Å². The van der Waals surface area contributed by atoms with Crippen LogP contribution in [0.2, 0.25) is 5.02 Å². The Morgan fingerprint density at radius 1 is 1.50 bits per heavy atom. The van der Waals surface area contributed by atoms with Gasteiger partial charge in [-0.2, -0.15) is 0 Å². The Labute approximate surface area is 122 Å². The Kier molecular flexibility index (Phi) is 4.49. The number of piperidine rings is 1. The fraction of sp³-hybridized carbons (Fsp3) is 0.429. The smallest absolute Gasteiger partial charge is 0.229 e. The predicted molar refractivity (Wildman–Crippen MR) is 77.1 cm³/mol.